The molecule has 0 spiro atoms. The van der Waals surface area contributed by atoms with E-state index in [0.29, 0.717) is 6.42 Å². The molecule has 0 rings (SSSR count). The van der Waals surface area contributed by atoms with Gasteiger partial charge >= 0.3 is 0 Å². The highest BCUT2D eigenvalue weighted by Gasteiger charge is 2.17. The number of unbranched alkanes of at least 4 members (excludes halogenated alkanes) is 19. The minimum Gasteiger partial charge on any atom is -0.394 e. The van der Waals surface area contributed by atoms with E-state index < -0.39 is 12.1 Å². The zero-order valence-electron chi connectivity index (χ0n) is 22.9. The molecule has 202 valence electrons. The van der Waals surface area contributed by atoms with Crippen molar-refractivity contribution in [2.24, 2.45) is 0 Å². The number of hydrogen-bond acceptors (Lipinski definition) is 3. The molecule has 2 atom stereocenters. The van der Waals surface area contributed by atoms with E-state index >= 15 is 0 Å². The molecule has 4 heteroatoms. The van der Waals surface area contributed by atoms with Crippen molar-refractivity contribution in [3.63, 3.8) is 0 Å². The molecule has 0 aromatic carbocycles. The van der Waals surface area contributed by atoms with E-state index in [2.05, 4.69) is 19.2 Å². The number of carbonyl (C=O) groups is 1. The van der Waals surface area contributed by atoms with Crippen LogP contribution < -0.4 is 5.32 Å². The first kappa shape index (κ1) is 33.1. The first-order chi connectivity index (χ1) is 16.7. The monoisotopic (exact) mass is 481 g/mol. The summed E-state index contributed by atoms with van der Waals surface area (Å²) >= 11 is 0. The molecule has 0 saturated carbocycles. The van der Waals surface area contributed by atoms with Crippen LogP contribution in [0, 0.1) is 0 Å². The fourth-order valence-corrected chi connectivity index (χ4v) is 4.41. The summed E-state index contributed by atoms with van der Waals surface area (Å²) in [7, 11) is 0. The van der Waals surface area contributed by atoms with Crippen LogP contribution in [0.15, 0.2) is 12.2 Å². The first-order valence-electron chi connectivity index (χ1n) is 14.9. The lowest BCUT2D eigenvalue weighted by atomic mass is 10.0. The highest BCUT2D eigenvalue weighted by atomic mass is 16.3. The largest absolute Gasteiger partial charge is 0.394 e. The fourth-order valence-electron chi connectivity index (χ4n) is 4.41. The maximum Gasteiger partial charge on any atom is 0.220 e. The molecule has 0 aliphatic carbocycles. The van der Waals surface area contributed by atoms with Crippen LogP contribution in [0.3, 0.4) is 0 Å². The summed E-state index contributed by atoms with van der Waals surface area (Å²) in [6.07, 6.45) is 29.9. The Morgan fingerprint density at radius 3 is 1.53 bits per heavy atom. The van der Waals surface area contributed by atoms with Crippen LogP contribution in [0.4, 0.5) is 0 Å². The van der Waals surface area contributed by atoms with Gasteiger partial charge in [0.05, 0.1) is 18.8 Å². The number of carbonyl (C=O) groups excluding carboxylic acids is 1. The Morgan fingerprint density at radius 1 is 0.676 bits per heavy atom. The Bertz CT molecular complexity index is 452. The standard InChI is InChI=1S/C30H59NO3/c1-3-5-7-9-11-13-14-15-16-18-20-22-24-26-30(34)31-28(27-32)29(33)25-23-21-19-17-12-10-8-6-4-2/h23,25,28-29,32-33H,3-22,24,26-27H2,1-2H3,(H,31,34)/b25-23+. The van der Waals surface area contributed by atoms with Crippen molar-refractivity contribution in [3.05, 3.63) is 12.2 Å². The van der Waals surface area contributed by atoms with Gasteiger partial charge < -0.3 is 15.5 Å². The summed E-state index contributed by atoms with van der Waals surface area (Å²) in [6, 6.07) is -0.611. The van der Waals surface area contributed by atoms with Gasteiger partial charge in [0.25, 0.3) is 0 Å². The Balaban J connectivity index is 3.65. The molecule has 0 saturated heterocycles. The molecule has 34 heavy (non-hydrogen) atoms. The first-order valence-corrected chi connectivity index (χ1v) is 14.9. The zero-order valence-corrected chi connectivity index (χ0v) is 22.9. The van der Waals surface area contributed by atoms with Crippen LogP contribution in [-0.2, 0) is 4.79 Å². The van der Waals surface area contributed by atoms with E-state index in [1.54, 1.807) is 6.08 Å². The number of allylic oxidation sites excluding steroid dienone is 1. The van der Waals surface area contributed by atoms with Gasteiger partial charge in [-0.2, -0.15) is 0 Å². The quantitative estimate of drug-likeness (QED) is 0.0865. The normalized spacial score (nSPS) is 13.4. The number of aliphatic hydroxyl groups excluding tert-OH is 2. The molecule has 0 aromatic rings. The second-order valence-electron chi connectivity index (χ2n) is 10.2. The van der Waals surface area contributed by atoms with Gasteiger partial charge in [-0.05, 0) is 19.3 Å². The third-order valence-corrected chi connectivity index (χ3v) is 6.77. The van der Waals surface area contributed by atoms with E-state index in [1.165, 1.54) is 109 Å². The summed E-state index contributed by atoms with van der Waals surface area (Å²) < 4.78 is 0. The van der Waals surface area contributed by atoms with Gasteiger partial charge in [0.1, 0.15) is 0 Å². The summed E-state index contributed by atoms with van der Waals surface area (Å²) in [5.74, 6) is -0.0679. The predicted molar refractivity (Wildman–Crippen MR) is 147 cm³/mol. The highest BCUT2D eigenvalue weighted by Crippen LogP contribution is 2.13. The second-order valence-corrected chi connectivity index (χ2v) is 10.2. The lowest BCUT2D eigenvalue weighted by Gasteiger charge is -2.20. The third-order valence-electron chi connectivity index (χ3n) is 6.77. The van der Waals surface area contributed by atoms with Crippen LogP contribution in [0.2, 0.25) is 0 Å². The molecular weight excluding hydrogens is 422 g/mol. The molecule has 0 radical (unpaired) electrons. The smallest absolute Gasteiger partial charge is 0.220 e. The molecular formula is C30H59NO3. The SMILES string of the molecule is CCCCCCCCC/C=C/C(O)C(CO)NC(=O)CCCCCCCCCCCCCCC. The van der Waals surface area contributed by atoms with E-state index in [4.69, 9.17) is 0 Å². The van der Waals surface area contributed by atoms with Gasteiger partial charge in [-0.1, -0.05) is 142 Å². The predicted octanol–water partition coefficient (Wildman–Crippen LogP) is 8.00. The minimum absolute atomic E-state index is 0.0679. The molecule has 3 N–H and O–H groups in total. The molecule has 0 aliphatic rings. The van der Waals surface area contributed by atoms with Gasteiger partial charge in [0.2, 0.25) is 5.91 Å². The van der Waals surface area contributed by atoms with Gasteiger partial charge in [-0.3, -0.25) is 4.79 Å². The van der Waals surface area contributed by atoms with E-state index in [0.717, 1.165) is 25.7 Å². The van der Waals surface area contributed by atoms with Crippen molar-refractivity contribution < 1.29 is 15.0 Å². The molecule has 2 unspecified atom stereocenters. The Kier molecular flexibility index (Phi) is 26.0. The second kappa shape index (κ2) is 26.7. The van der Waals surface area contributed by atoms with E-state index in [1.807, 2.05) is 6.08 Å². The molecule has 0 heterocycles. The van der Waals surface area contributed by atoms with E-state index in [-0.39, 0.29) is 12.5 Å². The number of amides is 1. The topological polar surface area (TPSA) is 69.6 Å². The molecule has 0 aromatic heterocycles. The van der Waals surface area contributed by atoms with Gasteiger partial charge in [0, 0.05) is 6.42 Å². The summed E-state index contributed by atoms with van der Waals surface area (Å²) in [5.41, 5.74) is 0. The van der Waals surface area contributed by atoms with Crippen LogP contribution >= 0.6 is 0 Å². The molecule has 4 nitrogen and oxygen atoms in total. The van der Waals surface area contributed by atoms with Crippen molar-refractivity contribution in [3.8, 4) is 0 Å². The number of hydrogen-bond donors (Lipinski definition) is 3. The minimum atomic E-state index is -0.829. The molecule has 0 aliphatic heterocycles. The average Bonchev–Trinajstić information content (AvgIpc) is 2.84. The van der Waals surface area contributed by atoms with Crippen LogP contribution in [-0.4, -0.2) is 34.9 Å². The number of aliphatic hydroxyl groups is 2. The Labute approximate surface area is 212 Å². The average molecular weight is 482 g/mol. The van der Waals surface area contributed by atoms with Crippen molar-refractivity contribution in [2.45, 2.75) is 167 Å². The van der Waals surface area contributed by atoms with Crippen molar-refractivity contribution in [1.29, 1.82) is 0 Å². The third kappa shape index (κ3) is 22.9. The zero-order chi connectivity index (χ0) is 25.1. The fraction of sp³-hybridized carbons (Fsp3) is 0.900. The van der Waals surface area contributed by atoms with Crippen LogP contribution in [0.1, 0.15) is 155 Å². The molecule has 0 fully saturated rings. The Hall–Kier alpha value is -0.870. The maximum absolute atomic E-state index is 12.2. The number of rotatable bonds is 26. The lowest BCUT2D eigenvalue weighted by Crippen LogP contribution is -2.45. The lowest BCUT2D eigenvalue weighted by molar-refractivity contribution is -0.123. The van der Waals surface area contributed by atoms with Crippen molar-refractivity contribution in [2.75, 3.05) is 6.61 Å². The number of nitrogens with one attached hydrogen (secondary N) is 1. The van der Waals surface area contributed by atoms with Gasteiger partial charge in [-0.25, -0.2) is 0 Å². The molecule has 1 amide bonds. The highest BCUT2D eigenvalue weighted by molar-refractivity contribution is 5.76. The maximum atomic E-state index is 12.2. The summed E-state index contributed by atoms with van der Waals surface area (Å²) in [5, 5.41) is 22.6. The summed E-state index contributed by atoms with van der Waals surface area (Å²) in [6.45, 7) is 4.26. The van der Waals surface area contributed by atoms with Crippen molar-refractivity contribution in [1.82, 2.24) is 5.32 Å². The van der Waals surface area contributed by atoms with Gasteiger partial charge in [-0.15, -0.1) is 0 Å². The molecule has 0 bridgehead atoms. The van der Waals surface area contributed by atoms with Crippen molar-refractivity contribution >= 4 is 5.91 Å². The van der Waals surface area contributed by atoms with Crippen LogP contribution in [0.25, 0.3) is 0 Å². The van der Waals surface area contributed by atoms with Gasteiger partial charge in [0.15, 0.2) is 0 Å². The summed E-state index contributed by atoms with van der Waals surface area (Å²) in [4.78, 5) is 12.2. The Morgan fingerprint density at radius 2 is 1.09 bits per heavy atom. The van der Waals surface area contributed by atoms with Crippen LogP contribution in [0.5, 0.6) is 0 Å². The van der Waals surface area contributed by atoms with E-state index in [9.17, 15) is 15.0 Å².